The Morgan fingerprint density at radius 1 is 1.32 bits per heavy atom. The van der Waals surface area contributed by atoms with Crippen molar-refractivity contribution in [3.63, 3.8) is 0 Å². The zero-order chi connectivity index (χ0) is 13.8. The molecule has 2 aromatic rings. The van der Waals surface area contributed by atoms with E-state index in [-0.39, 0.29) is 0 Å². The van der Waals surface area contributed by atoms with Crippen molar-refractivity contribution in [3.8, 4) is 0 Å². The number of rotatable bonds is 5. The van der Waals surface area contributed by atoms with Crippen LogP contribution in [-0.4, -0.2) is 16.3 Å². The van der Waals surface area contributed by atoms with Crippen LogP contribution in [0, 0.1) is 6.92 Å². The van der Waals surface area contributed by atoms with E-state index in [4.69, 9.17) is 11.6 Å². The molecule has 0 aliphatic carbocycles. The van der Waals surface area contributed by atoms with Crippen molar-refractivity contribution in [3.05, 3.63) is 52.3 Å². The van der Waals surface area contributed by atoms with E-state index >= 15 is 0 Å². The van der Waals surface area contributed by atoms with E-state index < -0.39 is 0 Å². The van der Waals surface area contributed by atoms with E-state index in [0.717, 1.165) is 29.5 Å². The maximum Gasteiger partial charge on any atom is 0.131 e. The molecule has 19 heavy (non-hydrogen) atoms. The van der Waals surface area contributed by atoms with Crippen LogP contribution in [0.3, 0.4) is 0 Å². The summed E-state index contributed by atoms with van der Waals surface area (Å²) in [6, 6.07) is 10.5. The van der Waals surface area contributed by atoms with Crippen molar-refractivity contribution < 1.29 is 0 Å². The van der Waals surface area contributed by atoms with Gasteiger partial charge in [0, 0.05) is 25.7 Å². The third-order valence-corrected chi connectivity index (χ3v) is 3.86. The number of benzene rings is 1. The summed E-state index contributed by atoms with van der Waals surface area (Å²) in [5.74, 6) is 0.483. The minimum Gasteiger partial charge on any atom is -0.312 e. The van der Waals surface area contributed by atoms with Crippen molar-refractivity contribution in [1.29, 1.82) is 0 Å². The van der Waals surface area contributed by atoms with E-state index in [9.17, 15) is 0 Å². The van der Waals surface area contributed by atoms with E-state index in [0.29, 0.717) is 5.92 Å². The van der Waals surface area contributed by atoms with Crippen LogP contribution < -0.4 is 5.32 Å². The van der Waals surface area contributed by atoms with Gasteiger partial charge in [0.25, 0.3) is 0 Å². The summed E-state index contributed by atoms with van der Waals surface area (Å²) in [5.41, 5.74) is 3.43. The van der Waals surface area contributed by atoms with Gasteiger partial charge in [-0.05, 0) is 18.4 Å². The number of halogens is 1. The normalized spacial score (nSPS) is 12.6. The molecule has 0 aliphatic heterocycles. The Bertz CT molecular complexity index is 534. The summed E-state index contributed by atoms with van der Waals surface area (Å²) >= 11 is 6.21. The molecule has 1 N–H and O–H groups in total. The largest absolute Gasteiger partial charge is 0.312 e. The second kappa shape index (κ2) is 6.22. The highest BCUT2D eigenvalue weighted by Crippen LogP contribution is 2.19. The first kappa shape index (κ1) is 14.1. The molecule has 0 bridgehead atoms. The van der Waals surface area contributed by atoms with Crippen molar-refractivity contribution >= 4 is 11.6 Å². The fourth-order valence-electron chi connectivity index (χ4n) is 2.19. The van der Waals surface area contributed by atoms with Gasteiger partial charge in [0.15, 0.2) is 0 Å². The maximum absolute atomic E-state index is 6.21. The van der Waals surface area contributed by atoms with Gasteiger partial charge in [-0.15, -0.1) is 0 Å². The summed E-state index contributed by atoms with van der Waals surface area (Å²) in [6.45, 7) is 5.90. The van der Waals surface area contributed by atoms with E-state index in [1.807, 2.05) is 20.0 Å². The van der Waals surface area contributed by atoms with Crippen molar-refractivity contribution in [2.45, 2.75) is 26.3 Å². The molecule has 0 spiro atoms. The molecule has 0 aliphatic rings. The van der Waals surface area contributed by atoms with Gasteiger partial charge in [-0.1, -0.05) is 48.9 Å². The fourth-order valence-corrected chi connectivity index (χ4v) is 2.43. The van der Waals surface area contributed by atoms with Crippen molar-refractivity contribution in [1.82, 2.24) is 15.1 Å². The Kier molecular flexibility index (Phi) is 4.61. The third kappa shape index (κ3) is 3.37. The van der Waals surface area contributed by atoms with Crippen LogP contribution in [0.15, 0.2) is 30.3 Å². The van der Waals surface area contributed by atoms with Crippen LogP contribution in [-0.2, 0) is 13.6 Å². The van der Waals surface area contributed by atoms with Gasteiger partial charge < -0.3 is 5.32 Å². The molecule has 102 valence electrons. The average Bonchev–Trinajstić information content (AvgIpc) is 2.66. The lowest BCUT2D eigenvalue weighted by Crippen LogP contribution is -2.20. The van der Waals surface area contributed by atoms with Crippen LogP contribution >= 0.6 is 11.6 Å². The predicted molar refractivity (Wildman–Crippen MR) is 79.5 cm³/mol. The second-order valence-corrected chi connectivity index (χ2v) is 5.28. The summed E-state index contributed by atoms with van der Waals surface area (Å²) in [5, 5.41) is 8.49. The molecule has 1 heterocycles. The summed E-state index contributed by atoms with van der Waals surface area (Å²) < 4.78 is 1.72. The molecule has 0 fully saturated rings. The summed E-state index contributed by atoms with van der Waals surface area (Å²) in [6.07, 6.45) is 0. The topological polar surface area (TPSA) is 29.9 Å². The van der Waals surface area contributed by atoms with Gasteiger partial charge in [0.2, 0.25) is 0 Å². The van der Waals surface area contributed by atoms with E-state index in [1.165, 1.54) is 5.56 Å². The number of nitrogens with zero attached hydrogens (tertiary/aromatic N) is 2. The minimum absolute atomic E-state index is 0.483. The molecule has 0 saturated carbocycles. The zero-order valence-corrected chi connectivity index (χ0v) is 12.4. The third-order valence-electron chi connectivity index (χ3n) is 3.39. The lowest BCUT2D eigenvalue weighted by atomic mass is 10.0. The van der Waals surface area contributed by atoms with Crippen LogP contribution in [0.2, 0.25) is 5.15 Å². The lowest BCUT2D eigenvalue weighted by Gasteiger charge is -2.13. The molecule has 2 rings (SSSR count). The fraction of sp³-hybridized carbons (Fsp3) is 0.400. The summed E-state index contributed by atoms with van der Waals surface area (Å²) in [7, 11) is 1.87. The summed E-state index contributed by atoms with van der Waals surface area (Å²) in [4.78, 5) is 0. The SMILES string of the molecule is Cc1nn(C)c(Cl)c1CNCC(C)c1ccccc1. The quantitative estimate of drug-likeness (QED) is 0.909. The molecule has 1 aromatic heterocycles. The van der Waals surface area contributed by atoms with Crippen molar-refractivity contribution in [2.24, 2.45) is 7.05 Å². The molecule has 1 atom stereocenters. The van der Waals surface area contributed by atoms with E-state index in [1.54, 1.807) is 4.68 Å². The number of aromatic nitrogens is 2. The highest BCUT2D eigenvalue weighted by atomic mass is 35.5. The number of hydrogen-bond acceptors (Lipinski definition) is 2. The molecule has 0 radical (unpaired) electrons. The smallest absolute Gasteiger partial charge is 0.131 e. The van der Waals surface area contributed by atoms with Crippen molar-refractivity contribution in [2.75, 3.05) is 6.54 Å². The first-order valence-corrected chi connectivity index (χ1v) is 6.91. The van der Waals surface area contributed by atoms with Crippen LogP contribution in [0.4, 0.5) is 0 Å². The Hall–Kier alpha value is -1.32. The predicted octanol–water partition coefficient (Wildman–Crippen LogP) is 3.28. The average molecular weight is 278 g/mol. The zero-order valence-electron chi connectivity index (χ0n) is 11.7. The highest BCUT2D eigenvalue weighted by molar-refractivity contribution is 6.30. The van der Waals surface area contributed by atoms with Crippen LogP contribution in [0.1, 0.15) is 29.7 Å². The monoisotopic (exact) mass is 277 g/mol. The molecule has 1 unspecified atom stereocenters. The van der Waals surface area contributed by atoms with Gasteiger partial charge in [-0.25, -0.2) is 0 Å². The minimum atomic E-state index is 0.483. The van der Waals surface area contributed by atoms with E-state index in [2.05, 4.69) is 41.6 Å². The van der Waals surface area contributed by atoms with Crippen LogP contribution in [0.25, 0.3) is 0 Å². The number of aryl methyl sites for hydroxylation is 2. The van der Waals surface area contributed by atoms with Gasteiger partial charge >= 0.3 is 0 Å². The van der Waals surface area contributed by atoms with Gasteiger partial charge in [0.1, 0.15) is 5.15 Å². The number of hydrogen-bond donors (Lipinski definition) is 1. The second-order valence-electron chi connectivity index (χ2n) is 4.92. The standard InChI is InChI=1S/C15H20ClN3/c1-11(13-7-5-4-6-8-13)9-17-10-14-12(2)18-19(3)15(14)16/h4-8,11,17H,9-10H2,1-3H3. The van der Waals surface area contributed by atoms with Crippen LogP contribution in [0.5, 0.6) is 0 Å². The first-order valence-electron chi connectivity index (χ1n) is 6.53. The molecule has 0 amide bonds. The molecule has 4 heteroatoms. The lowest BCUT2D eigenvalue weighted by molar-refractivity contribution is 0.614. The Balaban J connectivity index is 1.90. The molecule has 1 aromatic carbocycles. The Morgan fingerprint density at radius 2 is 2.00 bits per heavy atom. The molecular formula is C15H20ClN3. The molecule has 0 saturated heterocycles. The molecule has 3 nitrogen and oxygen atoms in total. The van der Waals surface area contributed by atoms with Gasteiger partial charge in [0.05, 0.1) is 5.69 Å². The Labute approximate surface area is 119 Å². The highest BCUT2D eigenvalue weighted by Gasteiger charge is 2.11. The van der Waals surface area contributed by atoms with Gasteiger partial charge in [-0.3, -0.25) is 4.68 Å². The number of nitrogens with one attached hydrogen (secondary N) is 1. The molecular weight excluding hydrogens is 258 g/mol. The van der Waals surface area contributed by atoms with Gasteiger partial charge in [-0.2, -0.15) is 5.10 Å². The first-order chi connectivity index (χ1) is 9.09. The Morgan fingerprint density at radius 3 is 2.58 bits per heavy atom. The maximum atomic E-state index is 6.21.